The summed E-state index contributed by atoms with van der Waals surface area (Å²) in [6.45, 7) is 13.1. The molecule has 0 bridgehead atoms. The third kappa shape index (κ3) is 174. The molecular formula is C16H52N4O4Ti. The van der Waals surface area contributed by atoms with Gasteiger partial charge in [-0.05, 0) is 25.7 Å². The van der Waals surface area contributed by atoms with Crippen LogP contribution in [0, 0.1) is 0 Å². The summed E-state index contributed by atoms with van der Waals surface area (Å²) in [5.41, 5.74) is 14.7. The van der Waals surface area contributed by atoms with Crippen molar-refractivity contribution in [2.45, 2.75) is 79.1 Å². The first-order valence-electron chi connectivity index (χ1n) is 8.83. The molecule has 0 unspecified atom stereocenters. The first kappa shape index (κ1) is 56.2. The van der Waals surface area contributed by atoms with Crippen LogP contribution < -0.4 is 22.9 Å². The minimum atomic E-state index is 0. The quantitative estimate of drug-likeness (QED) is 0.382. The van der Waals surface area contributed by atoms with E-state index >= 15 is 0 Å². The van der Waals surface area contributed by atoms with E-state index in [-0.39, 0.29) is 43.6 Å². The van der Waals surface area contributed by atoms with Gasteiger partial charge in [0.25, 0.3) is 0 Å². The zero-order valence-corrected chi connectivity index (χ0v) is 19.2. The van der Waals surface area contributed by atoms with Crippen molar-refractivity contribution in [2.75, 3.05) is 26.2 Å². The third-order valence-electron chi connectivity index (χ3n) is 2.41. The smallest absolute Gasteiger partial charge is 0.0739 e. The van der Waals surface area contributed by atoms with Gasteiger partial charge in [-0.1, -0.05) is 53.4 Å². The van der Waals surface area contributed by atoms with Gasteiger partial charge < -0.3 is 44.8 Å². The van der Waals surface area contributed by atoms with Crippen molar-refractivity contribution in [1.29, 1.82) is 0 Å². The van der Waals surface area contributed by atoms with Crippen LogP contribution >= 0.6 is 0 Å². The Bertz CT molecular complexity index is 90.1. The fourth-order valence-electron chi connectivity index (χ4n) is 1.000. The Balaban J connectivity index is -0.0000000183. The molecule has 25 heavy (non-hydrogen) atoms. The van der Waals surface area contributed by atoms with E-state index < -0.39 is 0 Å². The molecule has 0 aliphatic heterocycles. The van der Waals surface area contributed by atoms with E-state index in [1.165, 1.54) is 51.4 Å². The Hall–Kier alpha value is 0.394. The second-order valence-corrected chi connectivity index (χ2v) is 4.83. The Kier molecular flexibility index (Phi) is 195. The molecular weight excluding hydrogens is 360 g/mol. The Morgan fingerprint density at radius 3 is 0.520 bits per heavy atom. The van der Waals surface area contributed by atoms with Crippen molar-refractivity contribution >= 4 is 0 Å². The topological polar surface area (TPSA) is 231 Å². The standard InChI is InChI=1S/4C4H11N.4H2O.Ti/c4*1-2-3-4-5;;;;;/h4*2-5H2,1H3;4*1H2;. The maximum Gasteiger partial charge on any atom is 0.0739 e. The average molecular weight is 412 g/mol. The number of rotatable bonds is 8. The SMILES string of the molecule is CCCC[NH3+].CCCC[NH3+].CCCC[NH3+].CCCC[NH3+].[OH-].[OH-].[OH-].[OH-].[Ti]. The van der Waals surface area contributed by atoms with Crippen LogP contribution in [0.25, 0.3) is 0 Å². The van der Waals surface area contributed by atoms with Gasteiger partial charge in [-0.3, -0.25) is 0 Å². The maximum absolute atomic E-state index is 3.68. The van der Waals surface area contributed by atoms with Crippen LogP contribution in [0.5, 0.6) is 0 Å². The van der Waals surface area contributed by atoms with Crippen LogP contribution in [0.3, 0.4) is 0 Å². The minimum Gasteiger partial charge on any atom is -0.870 e. The van der Waals surface area contributed by atoms with E-state index in [4.69, 9.17) is 0 Å². The normalized spacial score (nSPS) is 6.72. The second kappa shape index (κ2) is 86.9. The molecule has 0 atom stereocenters. The van der Waals surface area contributed by atoms with E-state index in [0.29, 0.717) is 0 Å². The predicted octanol–water partition coefficient (Wildman–Crippen LogP) is -0.596. The van der Waals surface area contributed by atoms with Gasteiger partial charge in [-0.15, -0.1) is 0 Å². The van der Waals surface area contributed by atoms with Gasteiger partial charge in [-0.2, -0.15) is 0 Å². The summed E-state index contributed by atoms with van der Waals surface area (Å²) in [7, 11) is 0. The van der Waals surface area contributed by atoms with Crippen LogP contribution in [0.1, 0.15) is 79.1 Å². The van der Waals surface area contributed by atoms with Gasteiger partial charge >= 0.3 is 0 Å². The summed E-state index contributed by atoms with van der Waals surface area (Å²) >= 11 is 0. The minimum absolute atomic E-state index is 0. The first-order valence-corrected chi connectivity index (χ1v) is 8.83. The van der Waals surface area contributed by atoms with Crippen LogP contribution in [-0.2, 0) is 21.7 Å². The molecule has 164 valence electrons. The molecule has 0 heterocycles. The molecule has 0 spiro atoms. The molecule has 0 amide bonds. The van der Waals surface area contributed by atoms with Gasteiger partial charge in [0.05, 0.1) is 26.2 Å². The molecule has 0 saturated heterocycles. The third-order valence-corrected chi connectivity index (χ3v) is 2.41. The van der Waals surface area contributed by atoms with Crippen LogP contribution in [-0.4, -0.2) is 48.1 Å². The molecule has 0 aliphatic carbocycles. The molecule has 8 nitrogen and oxygen atoms in total. The zero-order valence-electron chi connectivity index (χ0n) is 17.6. The van der Waals surface area contributed by atoms with Gasteiger partial charge in [0.15, 0.2) is 0 Å². The molecule has 0 aliphatic rings. The van der Waals surface area contributed by atoms with Gasteiger partial charge in [0, 0.05) is 21.7 Å². The van der Waals surface area contributed by atoms with E-state index in [1.807, 2.05) is 0 Å². The van der Waals surface area contributed by atoms with E-state index in [2.05, 4.69) is 50.6 Å². The second-order valence-electron chi connectivity index (χ2n) is 4.83. The van der Waals surface area contributed by atoms with Crippen LogP contribution in [0.15, 0.2) is 0 Å². The molecule has 0 rings (SSSR count). The van der Waals surface area contributed by atoms with Gasteiger partial charge in [-0.25, -0.2) is 0 Å². The Labute approximate surface area is 172 Å². The van der Waals surface area contributed by atoms with Crippen molar-refractivity contribution in [3.05, 3.63) is 0 Å². The molecule has 0 aromatic heterocycles. The number of hydrogen-bond donors (Lipinski definition) is 4. The number of quaternary nitrogens is 4. The first-order chi connectivity index (χ1) is 9.66. The van der Waals surface area contributed by atoms with Crippen molar-refractivity contribution in [3.8, 4) is 0 Å². The zero-order chi connectivity index (χ0) is 16.5. The summed E-state index contributed by atoms with van der Waals surface area (Å²) in [6, 6.07) is 0. The monoisotopic (exact) mass is 412 g/mol. The number of hydrogen-bond acceptors (Lipinski definition) is 4. The summed E-state index contributed by atoms with van der Waals surface area (Å²) in [4.78, 5) is 0. The molecule has 16 N–H and O–H groups in total. The predicted molar refractivity (Wildman–Crippen MR) is 98.4 cm³/mol. The van der Waals surface area contributed by atoms with Crippen molar-refractivity contribution in [3.63, 3.8) is 0 Å². The molecule has 0 aromatic carbocycles. The fraction of sp³-hybridized carbons (Fsp3) is 1.00. The van der Waals surface area contributed by atoms with E-state index in [0.717, 1.165) is 26.2 Å². The maximum atomic E-state index is 3.68. The molecule has 0 aromatic rings. The summed E-state index contributed by atoms with van der Waals surface area (Å²) < 4.78 is 0. The van der Waals surface area contributed by atoms with E-state index in [9.17, 15) is 0 Å². The molecule has 0 saturated carbocycles. The molecule has 9 heteroatoms. The number of unbranched alkanes of at least 4 members (excludes halogenated alkanes) is 4. The van der Waals surface area contributed by atoms with Crippen molar-refractivity contribution in [1.82, 2.24) is 0 Å². The average Bonchev–Trinajstić information content (AvgIpc) is 2.44. The Morgan fingerprint density at radius 1 is 0.400 bits per heavy atom. The molecule has 0 radical (unpaired) electrons. The van der Waals surface area contributed by atoms with Crippen molar-refractivity contribution in [2.24, 2.45) is 0 Å². The summed E-state index contributed by atoms with van der Waals surface area (Å²) in [5, 5.41) is 0. The van der Waals surface area contributed by atoms with Gasteiger partial charge in [0.1, 0.15) is 0 Å². The van der Waals surface area contributed by atoms with Crippen molar-refractivity contribution < 1.29 is 66.6 Å². The Morgan fingerprint density at radius 2 is 0.520 bits per heavy atom. The van der Waals surface area contributed by atoms with Gasteiger partial charge in [0.2, 0.25) is 0 Å². The largest absolute Gasteiger partial charge is 0.870 e. The van der Waals surface area contributed by atoms with Crippen LogP contribution in [0.4, 0.5) is 0 Å². The summed E-state index contributed by atoms with van der Waals surface area (Å²) in [5.74, 6) is 0. The molecule has 0 fully saturated rings. The van der Waals surface area contributed by atoms with Crippen LogP contribution in [0.2, 0.25) is 0 Å². The van der Waals surface area contributed by atoms with E-state index in [1.54, 1.807) is 0 Å². The fourth-order valence-corrected chi connectivity index (χ4v) is 1.000. The summed E-state index contributed by atoms with van der Waals surface area (Å²) in [6.07, 6.45) is 10.2.